The first-order valence-electron chi connectivity index (χ1n) is 7.08. The van der Waals surface area contributed by atoms with Gasteiger partial charge in [-0.3, -0.25) is 0 Å². The number of nitrogens with one attached hydrogen (secondary N) is 1. The molecule has 6 nitrogen and oxygen atoms in total. The van der Waals surface area contributed by atoms with Crippen LogP contribution in [0.5, 0.6) is 0 Å². The lowest BCUT2D eigenvalue weighted by Crippen LogP contribution is -2.27. The van der Waals surface area contributed by atoms with Gasteiger partial charge in [0.2, 0.25) is 5.95 Å². The molecule has 2 aliphatic rings. The highest BCUT2D eigenvalue weighted by Gasteiger charge is 2.24. The molecule has 1 N–H and O–H groups in total. The molecule has 0 amide bonds. The number of rotatable bonds is 1. The molecule has 0 saturated carbocycles. The molecular weight excluding hydrogens is 242 g/mol. The van der Waals surface area contributed by atoms with Gasteiger partial charge in [0.05, 0.1) is 5.69 Å². The highest BCUT2D eigenvalue weighted by Crippen LogP contribution is 2.26. The molecule has 0 aromatic carbocycles. The number of H-pyrrole nitrogens is 1. The largest absolute Gasteiger partial charge is 0.350 e. The van der Waals surface area contributed by atoms with E-state index >= 15 is 0 Å². The third-order valence-corrected chi connectivity index (χ3v) is 4.20. The van der Waals surface area contributed by atoms with Crippen LogP contribution in [0, 0.1) is 0 Å². The maximum Gasteiger partial charge on any atom is 0.350 e. The van der Waals surface area contributed by atoms with Crippen LogP contribution >= 0.6 is 0 Å². The van der Waals surface area contributed by atoms with Crippen molar-refractivity contribution in [1.29, 1.82) is 0 Å². The van der Waals surface area contributed by atoms with Crippen LogP contribution in [0.25, 0.3) is 5.65 Å². The van der Waals surface area contributed by atoms with Gasteiger partial charge < -0.3 is 4.90 Å². The van der Waals surface area contributed by atoms with E-state index in [1.165, 1.54) is 19.3 Å². The molecular formula is C13H17N5O. The molecule has 6 heteroatoms. The minimum Gasteiger partial charge on any atom is -0.342 e. The number of hydrogen-bond donors (Lipinski definition) is 1. The van der Waals surface area contributed by atoms with E-state index in [0.717, 1.165) is 55.2 Å². The average molecular weight is 259 g/mol. The zero-order valence-electron chi connectivity index (χ0n) is 10.9. The SMILES string of the molecule is O=c1[nH]nc2c3c(nc(N4CCCC4)n12)CCCC3. The van der Waals surface area contributed by atoms with Gasteiger partial charge in [0.1, 0.15) is 0 Å². The summed E-state index contributed by atoms with van der Waals surface area (Å²) in [6.07, 6.45) is 6.68. The van der Waals surface area contributed by atoms with E-state index in [0.29, 0.717) is 0 Å². The highest BCUT2D eigenvalue weighted by atomic mass is 16.1. The van der Waals surface area contributed by atoms with Gasteiger partial charge in [-0.2, -0.15) is 5.10 Å². The Hall–Kier alpha value is -1.85. The van der Waals surface area contributed by atoms with Crippen molar-refractivity contribution in [3.8, 4) is 0 Å². The van der Waals surface area contributed by atoms with Crippen molar-refractivity contribution in [2.75, 3.05) is 18.0 Å². The lowest BCUT2D eigenvalue weighted by molar-refractivity contribution is 0.661. The summed E-state index contributed by atoms with van der Waals surface area (Å²) in [5, 5.41) is 6.80. The van der Waals surface area contributed by atoms with Gasteiger partial charge in [-0.05, 0) is 38.5 Å². The molecule has 2 aromatic heterocycles. The molecule has 1 aliphatic heterocycles. The third kappa shape index (κ3) is 1.59. The molecule has 1 aliphatic carbocycles. The van der Waals surface area contributed by atoms with Crippen LogP contribution < -0.4 is 10.6 Å². The minimum atomic E-state index is -0.169. The second kappa shape index (κ2) is 4.08. The van der Waals surface area contributed by atoms with Gasteiger partial charge in [0.25, 0.3) is 0 Å². The number of aryl methyl sites for hydroxylation is 2. The summed E-state index contributed by atoms with van der Waals surface area (Å²) in [4.78, 5) is 19.0. The maximum atomic E-state index is 12.0. The molecule has 0 unspecified atom stereocenters. The van der Waals surface area contributed by atoms with E-state index in [1.807, 2.05) is 0 Å². The Balaban J connectivity index is 2.01. The van der Waals surface area contributed by atoms with Gasteiger partial charge in [-0.15, -0.1) is 0 Å². The molecule has 1 saturated heterocycles. The first-order chi connectivity index (χ1) is 9.34. The zero-order valence-corrected chi connectivity index (χ0v) is 10.9. The fourth-order valence-corrected chi connectivity index (χ4v) is 3.24. The van der Waals surface area contributed by atoms with E-state index in [-0.39, 0.29) is 5.69 Å². The molecule has 4 rings (SSSR count). The normalized spacial score (nSPS) is 19.1. The summed E-state index contributed by atoms with van der Waals surface area (Å²) >= 11 is 0. The number of aromatic amines is 1. The maximum absolute atomic E-state index is 12.0. The van der Waals surface area contributed by atoms with Crippen molar-refractivity contribution < 1.29 is 0 Å². The predicted molar refractivity (Wildman–Crippen MR) is 71.7 cm³/mol. The number of hydrogen-bond acceptors (Lipinski definition) is 4. The van der Waals surface area contributed by atoms with Gasteiger partial charge in [0.15, 0.2) is 5.65 Å². The average Bonchev–Trinajstić information content (AvgIpc) is 3.08. The summed E-state index contributed by atoms with van der Waals surface area (Å²) in [5.41, 5.74) is 2.92. The minimum absolute atomic E-state index is 0.169. The van der Waals surface area contributed by atoms with Crippen molar-refractivity contribution >= 4 is 11.6 Å². The van der Waals surface area contributed by atoms with E-state index in [1.54, 1.807) is 4.40 Å². The van der Waals surface area contributed by atoms with Crippen LogP contribution in [0.15, 0.2) is 4.79 Å². The molecule has 0 atom stereocenters. The number of nitrogens with zero attached hydrogens (tertiary/aromatic N) is 4. The quantitative estimate of drug-likeness (QED) is 0.826. The van der Waals surface area contributed by atoms with Crippen LogP contribution in [-0.4, -0.2) is 32.7 Å². The van der Waals surface area contributed by atoms with Crippen molar-refractivity contribution in [3.63, 3.8) is 0 Å². The molecule has 19 heavy (non-hydrogen) atoms. The Morgan fingerprint density at radius 2 is 1.84 bits per heavy atom. The topological polar surface area (TPSA) is 66.3 Å². The van der Waals surface area contributed by atoms with Gasteiger partial charge in [-0.25, -0.2) is 19.3 Å². The van der Waals surface area contributed by atoms with Crippen LogP contribution in [0.1, 0.15) is 36.9 Å². The lowest BCUT2D eigenvalue weighted by Gasteiger charge is -2.22. The summed E-state index contributed by atoms with van der Waals surface area (Å²) in [7, 11) is 0. The molecule has 0 bridgehead atoms. The van der Waals surface area contributed by atoms with E-state index < -0.39 is 0 Å². The first-order valence-corrected chi connectivity index (χ1v) is 7.08. The fourth-order valence-electron chi connectivity index (χ4n) is 3.24. The number of fused-ring (bicyclic) bond motifs is 3. The molecule has 100 valence electrons. The predicted octanol–water partition coefficient (Wildman–Crippen LogP) is 0.897. The second-order valence-electron chi connectivity index (χ2n) is 5.43. The van der Waals surface area contributed by atoms with E-state index in [4.69, 9.17) is 4.98 Å². The third-order valence-electron chi connectivity index (χ3n) is 4.20. The number of anilines is 1. The molecule has 0 spiro atoms. The monoisotopic (exact) mass is 259 g/mol. The molecule has 1 fully saturated rings. The van der Waals surface area contributed by atoms with Gasteiger partial charge in [-0.1, -0.05) is 0 Å². The molecule has 0 radical (unpaired) electrons. The van der Waals surface area contributed by atoms with Crippen molar-refractivity contribution in [1.82, 2.24) is 19.6 Å². The Bertz CT molecular complexity index is 680. The smallest absolute Gasteiger partial charge is 0.342 e. The Morgan fingerprint density at radius 3 is 2.68 bits per heavy atom. The molecule has 2 aromatic rings. The van der Waals surface area contributed by atoms with Crippen molar-refractivity contribution in [2.24, 2.45) is 0 Å². The lowest BCUT2D eigenvalue weighted by atomic mass is 9.97. The van der Waals surface area contributed by atoms with Crippen molar-refractivity contribution in [2.45, 2.75) is 38.5 Å². The molecule has 3 heterocycles. The highest BCUT2D eigenvalue weighted by molar-refractivity contribution is 5.55. The first kappa shape index (κ1) is 11.0. The van der Waals surface area contributed by atoms with Gasteiger partial charge in [0, 0.05) is 18.7 Å². The van der Waals surface area contributed by atoms with Crippen LogP contribution in [-0.2, 0) is 12.8 Å². The van der Waals surface area contributed by atoms with E-state index in [9.17, 15) is 4.79 Å². The van der Waals surface area contributed by atoms with Crippen LogP contribution in [0.2, 0.25) is 0 Å². The van der Waals surface area contributed by atoms with Crippen molar-refractivity contribution in [3.05, 3.63) is 21.7 Å². The van der Waals surface area contributed by atoms with E-state index in [2.05, 4.69) is 15.1 Å². The summed E-state index contributed by atoms with van der Waals surface area (Å²) in [6, 6.07) is 0. The zero-order chi connectivity index (χ0) is 12.8. The Labute approximate surface area is 110 Å². The standard InChI is InChI=1S/C13H17N5O/c19-13-16-15-11-9-5-1-2-6-10(9)14-12(18(11)13)17-7-3-4-8-17/h1-8H2,(H,16,19). The van der Waals surface area contributed by atoms with Crippen LogP contribution in [0.3, 0.4) is 0 Å². The second-order valence-corrected chi connectivity index (χ2v) is 5.43. The Kier molecular flexibility index (Phi) is 2.36. The fraction of sp³-hybridized carbons (Fsp3) is 0.615. The Morgan fingerprint density at radius 1 is 1.05 bits per heavy atom. The summed E-state index contributed by atoms with van der Waals surface area (Å²) < 4.78 is 1.66. The summed E-state index contributed by atoms with van der Waals surface area (Å²) in [5.74, 6) is 0.784. The van der Waals surface area contributed by atoms with Crippen LogP contribution in [0.4, 0.5) is 5.95 Å². The number of aromatic nitrogens is 4. The summed E-state index contributed by atoms with van der Waals surface area (Å²) in [6.45, 7) is 1.97. The van der Waals surface area contributed by atoms with Gasteiger partial charge >= 0.3 is 5.69 Å².